The molecule has 3 aliphatic rings. The third kappa shape index (κ3) is 3.95. The lowest BCUT2D eigenvalue weighted by Gasteiger charge is -2.33. The number of hydrogen-bond acceptors (Lipinski definition) is 5. The molecule has 3 aromatic rings. The summed E-state index contributed by atoms with van der Waals surface area (Å²) in [5.74, 6) is 0.410. The Morgan fingerprint density at radius 1 is 1.06 bits per heavy atom. The minimum absolute atomic E-state index is 0.0598. The number of alkyl halides is 3. The first-order valence-corrected chi connectivity index (χ1v) is 12.9. The maximum atomic E-state index is 13.1. The average molecular weight is 505 g/mol. The summed E-state index contributed by atoms with van der Waals surface area (Å²) in [6.45, 7) is -1.62. The van der Waals surface area contributed by atoms with Gasteiger partial charge in [0.15, 0.2) is 5.76 Å². The summed E-state index contributed by atoms with van der Waals surface area (Å²) in [5, 5.41) is 4.20. The van der Waals surface area contributed by atoms with Gasteiger partial charge in [-0.15, -0.1) is 0 Å². The Labute approximate surface area is 200 Å². The van der Waals surface area contributed by atoms with Gasteiger partial charge in [-0.25, -0.2) is 0 Å². The first kappa shape index (κ1) is 22.7. The van der Waals surface area contributed by atoms with Gasteiger partial charge in [0.2, 0.25) is 0 Å². The van der Waals surface area contributed by atoms with Crippen LogP contribution in [0.2, 0.25) is 0 Å². The molecule has 1 aromatic carbocycles. The molecular weight excluding hydrogens is 481 g/mol. The minimum Gasteiger partial charge on any atom is -0.354 e. The Morgan fingerprint density at radius 2 is 1.83 bits per heavy atom. The molecule has 184 valence electrons. The lowest BCUT2D eigenvalue weighted by Crippen LogP contribution is -2.52. The fourth-order valence-electron chi connectivity index (χ4n) is 6.04. The van der Waals surface area contributed by atoms with Crippen LogP contribution in [0.15, 0.2) is 53.2 Å². The Kier molecular flexibility index (Phi) is 5.10. The van der Waals surface area contributed by atoms with Gasteiger partial charge < -0.3 is 4.52 Å². The second-order valence-corrected chi connectivity index (χ2v) is 11.4. The van der Waals surface area contributed by atoms with E-state index in [4.69, 9.17) is 4.52 Å². The molecule has 6 rings (SSSR count). The molecule has 0 radical (unpaired) electrons. The lowest BCUT2D eigenvalue weighted by atomic mass is 9.79. The Hall–Kier alpha value is -2.76. The minimum atomic E-state index is -4.59. The molecule has 3 atom stereocenters. The van der Waals surface area contributed by atoms with E-state index >= 15 is 0 Å². The van der Waals surface area contributed by atoms with E-state index in [9.17, 15) is 21.6 Å². The second kappa shape index (κ2) is 7.87. The van der Waals surface area contributed by atoms with Crippen molar-refractivity contribution in [3.05, 3.63) is 59.8 Å². The summed E-state index contributed by atoms with van der Waals surface area (Å²) in [6, 6.07) is 13.4. The van der Waals surface area contributed by atoms with E-state index in [0.29, 0.717) is 34.3 Å². The molecule has 2 bridgehead atoms. The SMILES string of the molecule is O=S1(=O)N[C@@]2(CN1CC(F)(F)F)[C@@H]1CC[C@H]2Cc2ccc(-c3cc(-c4ccccn4)on3)cc2C1. The maximum Gasteiger partial charge on any atom is 0.402 e. The molecule has 3 heterocycles. The lowest BCUT2D eigenvalue weighted by molar-refractivity contribution is -0.136. The zero-order valence-corrected chi connectivity index (χ0v) is 19.4. The highest BCUT2D eigenvalue weighted by atomic mass is 32.2. The number of nitrogens with zero attached hydrogens (tertiary/aromatic N) is 3. The maximum absolute atomic E-state index is 13.1. The van der Waals surface area contributed by atoms with Crippen LogP contribution in [0.25, 0.3) is 22.7 Å². The van der Waals surface area contributed by atoms with Gasteiger partial charge in [-0.1, -0.05) is 23.4 Å². The fourth-order valence-corrected chi connectivity index (χ4v) is 7.75. The fraction of sp³-hybridized carbons (Fsp3) is 0.417. The van der Waals surface area contributed by atoms with Gasteiger partial charge in [-0.3, -0.25) is 4.98 Å². The zero-order chi connectivity index (χ0) is 24.4. The standard InChI is InChI=1S/C24H23F3N4O3S/c25-24(26,27)14-31-13-23(30-35(31,32)33)18-6-7-19(23)11-17-9-16(5-4-15(17)10-18)21-12-22(34-29-21)20-3-1-2-8-28-20/h1-5,8-9,12,18-19,30H,6-7,10-11,13-14H2/t18-,19+,23+/m0/s1. The molecule has 1 aliphatic heterocycles. The molecule has 0 unspecified atom stereocenters. The molecule has 0 amide bonds. The monoisotopic (exact) mass is 504 g/mol. The number of hydrogen-bond donors (Lipinski definition) is 1. The topological polar surface area (TPSA) is 88.3 Å². The number of benzene rings is 1. The van der Waals surface area contributed by atoms with Crippen LogP contribution in [0.4, 0.5) is 13.2 Å². The Bertz CT molecular complexity index is 1380. The summed E-state index contributed by atoms with van der Waals surface area (Å²) in [5.41, 5.74) is 3.50. The van der Waals surface area contributed by atoms with Crippen LogP contribution in [0.1, 0.15) is 24.0 Å². The van der Waals surface area contributed by atoms with E-state index in [-0.39, 0.29) is 18.4 Å². The molecule has 1 N–H and O–H groups in total. The smallest absolute Gasteiger partial charge is 0.354 e. The molecule has 2 aromatic heterocycles. The number of rotatable bonds is 3. The van der Waals surface area contributed by atoms with E-state index in [1.165, 1.54) is 0 Å². The van der Waals surface area contributed by atoms with Crippen LogP contribution < -0.4 is 4.72 Å². The third-order valence-electron chi connectivity index (χ3n) is 7.64. The van der Waals surface area contributed by atoms with Crippen LogP contribution in [-0.2, 0) is 23.1 Å². The van der Waals surface area contributed by atoms with Crippen LogP contribution in [-0.4, -0.2) is 47.7 Å². The van der Waals surface area contributed by atoms with Crippen LogP contribution >= 0.6 is 0 Å². The highest BCUT2D eigenvalue weighted by Crippen LogP contribution is 2.50. The van der Waals surface area contributed by atoms with E-state index < -0.39 is 28.5 Å². The predicted molar refractivity (Wildman–Crippen MR) is 121 cm³/mol. The largest absolute Gasteiger partial charge is 0.402 e. The van der Waals surface area contributed by atoms with Gasteiger partial charge in [0.05, 0.1) is 5.54 Å². The first-order valence-electron chi connectivity index (χ1n) is 11.5. The summed E-state index contributed by atoms with van der Waals surface area (Å²) >= 11 is 0. The van der Waals surface area contributed by atoms with Crippen molar-refractivity contribution in [2.24, 2.45) is 11.8 Å². The highest BCUT2D eigenvalue weighted by Gasteiger charge is 2.60. The van der Waals surface area contributed by atoms with Gasteiger partial charge in [0.25, 0.3) is 10.2 Å². The average Bonchev–Trinajstić information content (AvgIpc) is 3.43. The number of nitrogens with one attached hydrogen (secondary N) is 1. The van der Waals surface area contributed by atoms with E-state index in [1.807, 2.05) is 42.5 Å². The number of fused-ring (bicyclic) bond motifs is 1. The molecule has 2 aliphatic carbocycles. The second-order valence-electron chi connectivity index (χ2n) is 9.69. The predicted octanol–water partition coefficient (Wildman–Crippen LogP) is 3.98. The van der Waals surface area contributed by atoms with Crippen molar-refractivity contribution in [2.45, 2.75) is 37.4 Å². The molecule has 7 nitrogen and oxygen atoms in total. The number of pyridine rings is 1. The normalized spacial score (nSPS) is 27.7. The molecule has 35 heavy (non-hydrogen) atoms. The summed E-state index contributed by atoms with van der Waals surface area (Å²) in [6.07, 6.45) is -0.152. The van der Waals surface area contributed by atoms with Gasteiger partial charge in [0.1, 0.15) is 17.9 Å². The third-order valence-corrected chi connectivity index (χ3v) is 9.21. The summed E-state index contributed by atoms with van der Waals surface area (Å²) in [7, 11) is -4.20. The van der Waals surface area contributed by atoms with E-state index in [1.54, 1.807) is 6.20 Å². The molecular formula is C24H23F3N4O3S. The van der Waals surface area contributed by atoms with Crippen molar-refractivity contribution >= 4 is 10.2 Å². The van der Waals surface area contributed by atoms with Crippen molar-refractivity contribution in [2.75, 3.05) is 13.1 Å². The zero-order valence-electron chi connectivity index (χ0n) is 18.6. The van der Waals surface area contributed by atoms with Gasteiger partial charge in [-0.05, 0) is 66.8 Å². The number of aromatic nitrogens is 2. The van der Waals surface area contributed by atoms with Crippen molar-refractivity contribution in [3.8, 4) is 22.7 Å². The van der Waals surface area contributed by atoms with Crippen molar-refractivity contribution in [1.29, 1.82) is 0 Å². The Morgan fingerprint density at radius 3 is 2.54 bits per heavy atom. The first-order chi connectivity index (χ1) is 16.6. The van der Waals surface area contributed by atoms with Crippen LogP contribution in [0, 0.1) is 11.8 Å². The molecule has 1 spiro atoms. The van der Waals surface area contributed by atoms with Crippen molar-refractivity contribution in [1.82, 2.24) is 19.2 Å². The van der Waals surface area contributed by atoms with Gasteiger partial charge >= 0.3 is 6.18 Å². The molecule has 1 saturated heterocycles. The van der Waals surface area contributed by atoms with Crippen molar-refractivity contribution in [3.63, 3.8) is 0 Å². The van der Waals surface area contributed by atoms with E-state index in [0.717, 1.165) is 29.5 Å². The van der Waals surface area contributed by atoms with Crippen LogP contribution in [0.5, 0.6) is 0 Å². The summed E-state index contributed by atoms with van der Waals surface area (Å²) < 4.78 is 73.3. The Balaban J connectivity index is 1.30. The summed E-state index contributed by atoms with van der Waals surface area (Å²) in [4.78, 5) is 4.28. The van der Waals surface area contributed by atoms with Gasteiger partial charge in [-0.2, -0.15) is 30.6 Å². The quantitative estimate of drug-likeness (QED) is 0.583. The number of halogens is 3. The molecule has 1 saturated carbocycles. The molecule has 2 fully saturated rings. The van der Waals surface area contributed by atoms with Crippen molar-refractivity contribution < 1.29 is 26.1 Å². The highest BCUT2D eigenvalue weighted by molar-refractivity contribution is 7.87. The van der Waals surface area contributed by atoms with Crippen LogP contribution in [0.3, 0.4) is 0 Å². The van der Waals surface area contributed by atoms with E-state index in [2.05, 4.69) is 14.9 Å². The molecule has 11 heteroatoms. The van der Waals surface area contributed by atoms with Gasteiger partial charge in [0, 0.05) is 24.4 Å².